The number of benzene rings is 1. The van der Waals surface area contributed by atoms with Crippen molar-refractivity contribution in [2.75, 3.05) is 5.33 Å². The fourth-order valence-electron chi connectivity index (χ4n) is 1.19. The van der Waals surface area contributed by atoms with Crippen molar-refractivity contribution in [1.82, 2.24) is 0 Å². The predicted molar refractivity (Wildman–Crippen MR) is 59.3 cm³/mol. The highest BCUT2D eigenvalue weighted by Crippen LogP contribution is 2.19. The van der Waals surface area contributed by atoms with Gasteiger partial charge in [0.25, 0.3) is 0 Å². The molecule has 0 aliphatic rings. The zero-order valence-electron chi connectivity index (χ0n) is 8.00. The van der Waals surface area contributed by atoms with Crippen LogP contribution in [0.15, 0.2) is 24.3 Å². The smallest absolute Gasteiger partial charge is 0.0886 e. The van der Waals surface area contributed by atoms with E-state index in [0.29, 0.717) is 11.2 Å². The largest absolute Gasteiger partial charge is 0.388 e. The van der Waals surface area contributed by atoms with Crippen molar-refractivity contribution in [3.8, 4) is 0 Å². The molecule has 0 saturated carbocycles. The Balaban J connectivity index is 2.81. The molecule has 0 amide bonds. The SMILES string of the molecule is CC(C)c1ccc([C@@H](O)CBr)cc1. The Hall–Kier alpha value is -0.340. The lowest BCUT2D eigenvalue weighted by Gasteiger charge is -2.09. The van der Waals surface area contributed by atoms with Gasteiger partial charge >= 0.3 is 0 Å². The Morgan fingerprint density at radius 3 is 2.00 bits per heavy atom. The number of aliphatic hydroxyl groups is 1. The summed E-state index contributed by atoms with van der Waals surface area (Å²) in [7, 11) is 0. The van der Waals surface area contributed by atoms with Crippen LogP contribution in [0.2, 0.25) is 0 Å². The number of hydrogen-bond donors (Lipinski definition) is 1. The highest BCUT2D eigenvalue weighted by molar-refractivity contribution is 9.09. The van der Waals surface area contributed by atoms with Crippen LogP contribution in [-0.4, -0.2) is 10.4 Å². The summed E-state index contributed by atoms with van der Waals surface area (Å²) in [6.45, 7) is 4.33. The highest BCUT2D eigenvalue weighted by atomic mass is 79.9. The van der Waals surface area contributed by atoms with Crippen LogP contribution in [0, 0.1) is 0 Å². The zero-order chi connectivity index (χ0) is 9.84. The van der Waals surface area contributed by atoms with Gasteiger partial charge < -0.3 is 5.11 Å². The molecule has 0 aromatic heterocycles. The highest BCUT2D eigenvalue weighted by Gasteiger charge is 2.05. The molecule has 0 saturated heterocycles. The second-order valence-electron chi connectivity index (χ2n) is 3.49. The molecule has 0 heterocycles. The molecule has 0 fully saturated rings. The Morgan fingerprint density at radius 1 is 1.15 bits per heavy atom. The Kier molecular flexibility index (Phi) is 3.94. The predicted octanol–water partition coefficient (Wildman–Crippen LogP) is 3.24. The van der Waals surface area contributed by atoms with E-state index in [1.807, 2.05) is 12.1 Å². The molecule has 1 rings (SSSR count). The number of halogens is 1. The van der Waals surface area contributed by atoms with Gasteiger partial charge in [0.1, 0.15) is 0 Å². The van der Waals surface area contributed by atoms with Crippen molar-refractivity contribution in [1.29, 1.82) is 0 Å². The molecule has 0 radical (unpaired) electrons. The summed E-state index contributed by atoms with van der Waals surface area (Å²) in [6, 6.07) is 8.13. The van der Waals surface area contributed by atoms with Crippen molar-refractivity contribution in [2.24, 2.45) is 0 Å². The second kappa shape index (κ2) is 4.77. The normalized spacial score (nSPS) is 13.3. The van der Waals surface area contributed by atoms with E-state index in [1.165, 1.54) is 5.56 Å². The molecule has 0 bridgehead atoms. The van der Waals surface area contributed by atoms with Crippen LogP contribution in [-0.2, 0) is 0 Å². The van der Waals surface area contributed by atoms with Gasteiger partial charge in [-0.25, -0.2) is 0 Å². The molecule has 1 N–H and O–H groups in total. The molecule has 13 heavy (non-hydrogen) atoms. The van der Waals surface area contributed by atoms with Gasteiger partial charge in [-0.3, -0.25) is 0 Å². The summed E-state index contributed by atoms with van der Waals surface area (Å²) in [5, 5.41) is 10.1. The zero-order valence-corrected chi connectivity index (χ0v) is 9.58. The summed E-state index contributed by atoms with van der Waals surface area (Å²) >= 11 is 3.25. The maximum atomic E-state index is 9.51. The molecule has 0 unspecified atom stereocenters. The van der Waals surface area contributed by atoms with Gasteiger partial charge in [0.2, 0.25) is 0 Å². The molecule has 72 valence electrons. The van der Waals surface area contributed by atoms with Crippen molar-refractivity contribution in [3.05, 3.63) is 35.4 Å². The lowest BCUT2D eigenvalue weighted by Crippen LogP contribution is -1.98. The molecule has 0 aliphatic carbocycles. The molecule has 1 nitrogen and oxygen atoms in total. The van der Waals surface area contributed by atoms with Gasteiger partial charge in [-0.1, -0.05) is 54.0 Å². The Morgan fingerprint density at radius 2 is 1.62 bits per heavy atom. The van der Waals surface area contributed by atoms with Gasteiger partial charge in [-0.2, -0.15) is 0 Å². The standard InChI is InChI=1S/C11H15BrO/c1-8(2)9-3-5-10(6-4-9)11(13)7-12/h3-6,8,11,13H,7H2,1-2H3/t11-/m0/s1. The van der Waals surface area contributed by atoms with E-state index in [4.69, 9.17) is 0 Å². The van der Waals surface area contributed by atoms with Crippen LogP contribution < -0.4 is 0 Å². The summed E-state index contributed by atoms with van der Waals surface area (Å²) in [4.78, 5) is 0. The van der Waals surface area contributed by atoms with E-state index in [1.54, 1.807) is 0 Å². The maximum Gasteiger partial charge on any atom is 0.0886 e. The fourth-order valence-corrected chi connectivity index (χ4v) is 1.57. The lowest BCUT2D eigenvalue weighted by atomic mass is 10.0. The number of aliphatic hydroxyl groups excluding tert-OH is 1. The minimum Gasteiger partial charge on any atom is -0.388 e. The first-order valence-corrected chi connectivity index (χ1v) is 5.61. The molecule has 0 spiro atoms. The van der Waals surface area contributed by atoms with E-state index in [-0.39, 0.29) is 6.10 Å². The minimum absolute atomic E-state index is 0.388. The summed E-state index contributed by atoms with van der Waals surface area (Å²) < 4.78 is 0. The monoisotopic (exact) mass is 242 g/mol. The first kappa shape index (κ1) is 10.7. The summed E-state index contributed by atoms with van der Waals surface area (Å²) in [5.74, 6) is 0.551. The van der Waals surface area contributed by atoms with E-state index in [9.17, 15) is 5.11 Å². The van der Waals surface area contributed by atoms with Crippen LogP contribution >= 0.6 is 15.9 Å². The quantitative estimate of drug-likeness (QED) is 0.808. The number of hydrogen-bond acceptors (Lipinski definition) is 1. The summed E-state index contributed by atoms with van der Waals surface area (Å²) in [5.41, 5.74) is 2.28. The molecule has 2 heteroatoms. The Labute approximate surface area is 87.9 Å². The van der Waals surface area contributed by atoms with Crippen molar-refractivity contribution in [3.63, 3.8) is 0 Å². The van der Waals surface area contributed by atoms with E-state index < -0.39 is 0 Å². The fraction of sp³-hybridized carbons (Fsp3) is 0.455. The van der Waals surface area contributed by atoms with E-state index in [2.05, 4.69) is 41.9 Å². The summed E-state index contributed by atoms with van der Waals surface area (Å²) in [6.07, 6.45) is -0.388. The van der Waals surface area contributed by atoms with Gasteiger partial charge in [-0.05, 0) is 17.0 Å². The van der Waals surface area contributed by atoms with Crippen molar-refractivity contribution < 1.29 is 5.11 Å². The average Bonchev–Trinajstić information content (AvgIpc) is 2.17. The molecular formula is C11H15BrO. The first-order chi connectivity index (χ1) is 6.15. The van der Waals surface area contributed by atoms with Crippen molar-refractivity contribution in [2.45, 2.75) is 25.9 Å². The average molecular weight is 243 g/mol. The molecule has 1 aromatic rings. The van der Waals surface area contributed by atoms with Gasteiger partial charge in [-0.15, -0.1) is 0 Å². The number of alkyl halides is 1. The molecule has 1 aromatic carbocycles. The third kappa shape index (κ3) is 2.82. The van der Waals surface area contributed by atoms with Crippen LogP contribution in [0.1, 0.15) is 37.0 Å². The first-order valence-electron chi connectivity index (χ1n) is 4.49. The minimum atomic E-state index is -0.388. The molecule has 0 aliphatic heterocycles. The second-order valence-corrected chi connectivity index (χ2v) is 4.14. The topological polar surface area (TPSA) is 20.2 Å². The lowest BCUT2D eigenvalue weighted by molar-refractivity contribution is 0.205. The number of rotatable bonds is 3. The van der Waals surface area contributed by atoms with Crippen LogP contribution in [0.5, 0.6) is 0 Å². The van der Waals surface area contributed by atoms with Gasteiger partial charge in [0, 0.05) is 5.33 Å². The van der Waals surface area contributed by atoms with Gasteiger partial charge in [0.15, 0.2) is 0 Å². The van der Waals surface area contributed by atoms with E-state index in [0.717, 1.165) is 5.56 Å². The molecular weight excluding hydrogens is 228 g/mol. The maximum absolute atomic E-state index is 9.51. The third-order valence-electron chi connectivity index (χ3n) is 2.13. The van der Waals surface area contributed by atoms with Crippen molar-refractivity contribution >= 4 is 15.9 Å². The molecule has 1 atom stereocenters. The third-order valence-corrected chi connectivity index (χ3v) is 2.75. The van der Waals surface area contributed by atoms with E-state index >= 15 is 0 Å². The van der Waals surface area contributed by atoms with Gasteiger partial charge in [0.05, 0.1) is 6.10 Å². The Bertz CT molecular complexity index is 253. The van der Waals surface area contributed by atoms with Crippen LogP contribution in [0.4, 0.5) is 0 Å². The van der Waals surface area contributed by atoms with Crippen LogP contribution in [0.3, 0.4) is 0 Å². The van der Waals surface area contributed by atoms with Crippen LogP contribution in [0.25, 0.3) is 0 Å².